The van der Waals surface area contributed by atoms with E-state index in [9.17, 15) is 14.4 Å². The van der Waals surface area contributed by atoms with Gasteiger partial charge in [-0.25, -0.2) is 0 Å². The van der Waals surface area contributed by atoms with E-state index in [0.29, 0.717) is 37.1 Å². The Morgan fingerprint density at radius 3 is 2.49 bits per heavy atom. The van der Waals surface area contributed by atoms with Crippen LogP contribution in [0, 0.1) is 17.8 Å². The van der Waals surface area contributed by atoms with Gasteiger partial charge in [0.2, 0.25) is 5.91 Å². The number of amides is 3. The molecule has 3 amide bonds. The van der Waals surface area contributed by atoms with Gasteiger partial charge in [-0.3, -0.25) is 24.6 Å². The highest BCUT2D eigenvalue weighted by atomic mass is 16.5. The quantitative estimate of drug-likeness (QED) is 0.596. The van der Waals surface area contributed by atoms with E-state index >= 15 is 0 Å². The second kappa shape index (κ2) is 8.80. The van der Waals surface area contributed by atoms with E-state index in [1.54, 1.807) is 4.90 Å². The predicted octanol–water partition coefficient (Wildman–Crippen LogP) is 2.88. The number of nitrogens with zero attached hydrogens (tertiary/aromatic N) is 2. The van der Waals surface area contributed by atoms with Crippen molar-refractivity contribution >= 4 is 17.7 Å². The minimum atomic E-state index is -0.872. The average Bonchev–Trinajstić information content (AvgIpc) is 3.42. The number of hydrogen-bond donors (Lipinski definition) is 1. The molecule has 198 valence electrons. The molecular formula is C29H37N3O5. The third kappa shape index (κ3) is 3.74. The molecule has 8 heteroatoms. The second-order valence-electron chi connectivity index (χ2n) is 12.3. The first-order valence-corrected chi connectivity index (χ1v) is 14.2. The number of imide groups is 1. The highest BCUT2D eigenvalue weighted by Gasteiger charge is 2.63. The summed E-state index contributed by atoms with van der Waals surface area (Å²) >= 11 is 0. The number of hydrogen-bond acceptors (Lipinski definition) is 6. The first kappa shape index (κ1) is 23.7. The smallest absolute Gasteiger partial charge is 0.255 e. The molecule has 8 nitrogen and oxygen atoms in total. The lowest BCUT2D eigenvalue weighted by atomic mass is 9.63. The minimum Gasteiger partial charge on any atom is -0.489 e. The molecule has 0 unspecified atom stereocenters. The molecule has 2 bridgehead atoms. The SMILES string of the molecule is CO[C@H]1CC[C@@H](C2CN([C@H]3CCC[C@@H]3Oc3ccc4c(c3)CN(C35CC(C3)C(=O)NC5=O)C4=O)C2)CC1. The van der Waals surface area contributed by atoms with E-state index in [1.165, 1.54) is 51.6 Å². The highest BCUT2D eigenvalue weighted by Crippen LogP contribution is 2.49. The van der Waals surface area contributed by atoms with Gasteiger partial charge in [-0.2, -0.15) is 0 Å². The highest BCUT2D eigenvalue weighted by molar-refractivity contribution is 6.10. The van der Waals surface area contributed by atoms with Crippen molar-refractivity contribution in [3.8, 4) is 5.75 Å². The number of ether oxygens (including phenoxy) is 2. The maximum absolute atomic E-state index is 13.2. The Bertz CT molecular complexity index is 1120. The molecule has 3 saturated carbocycles. The van der Waals surface area contributed by atoms with Gasteiger partial charge in [0.05, 0.1) is 6.10 Å². The third-order valence-corrected chi connectivity index (χ3v) is 10.4. The van der Waals surface area contributed by atoms with Crippen molar-refractivity contribution in [3.63, 3.8) is 0 Å². The first-order valence-electron chi connectivity index (χ1n) is 14.2. The molecule has 7 aliphatic rings. The number of carbonyl (C=O) groups is 3. The van der Waals surface area contributed by atoms with Crippen LogP contribution in [0.2, 0.25) is 0 Å². The molecule has 0 spiro atoms. The molecule has 0 radical (unpaired) electrons. The summed E-state index contributed by atoms with van der Waals surface area (Å²) in [5.74, 6) is 1.66. The Morgan fingerprint density at radius 2 is 1.76 bits per heavy atom. The Labute approximate surface area is 218 Å². The van der Waals surface area contributed by atoms with Crippen LogP contribution in [0.4, 0.5) is 0 Å². The first-order chi connectivity index (χ1) is 17.9. The molecule has 37 heavy (non-hydrogen) atoms. The van der Waals surface area contributed by atoms with Gasteiger partial charge >= 0.3 is 0 Å². The molecular weight excluding hydrogens is 470 g/mol. The lowest BCUT2D eigenvalue weighted by Crippen LogP contribution is -2.73. The van der Waals surface area contributed by atoms with Crippen LogP contribution in [-0.2, 0) is 20.9 Å². The van der Waals surface area contributed by atoms with Crippen LogP contribution < -0.4 is 10.1 Å². The summed E-state index contributed by atoms with van der Waals surface area (Å²) in [4.78, 5) is 42.1. The lowest BCUT2D eigenvalue weighted by molar-refractivity contribution is -0.160. The van der Waals surface area contributed by atoms with Gasteiger partial charge in [0, 0.05) is 44.3 Å². The molecule has 1 aromatic rings. The topological polar surface area (TPSA) is 88.2 Å². The zero-order valence-corrected chi connectivity index (χ0v) is 21.6. The van der Waals surface area contributed by atoms with Crippen LogP contribution in [0.25, 0.3) is 0 Å². The van der Waals surface area contributed by atoms with Crippen molar-refractivity contribution in [2.24, 2.45) is 17.8 Å². The van der Waals surface area contributed by atoms with Gasteiger partial charge in [0.15, 0.2) is 0 Å². The van der Waals surface area contributed by atoms with E-state index in [1.807, 2.05) is 25.3 Å². The van der Waals surface area contributed by atoms with Crippen LogP contribution in [0.5, 0.6) is 5.75 Å². The van der Waals surface area contributed by atoms with Crippen molar-refractivity contribution in [1.82, 2.24) is 15.1 Å². The molecule has 6 fully saturated rings. The van der Waals surface area contributed by atoms with Gasteiger partial charge in [-0.1, -0.05) is 0 Å². The summed E-state index contributed by atoms with van der Waals surface area (Å²) in [5, 5.41) is 2.45. The van der Waals surface area contributed by atoms with Crippen LogP contribution >= 0.6 is 0 Å². The Hall–Kier alpha value is -2.45. The zero-order valence-electron chi connectivity index (χ0n) is 21.6. The van der Waals surface area contributed by atoms with Crippen LogP contribution in [-0.4, -0.2) is 71.5 Å². The summed E-state index contributed by atoms with van der Waals surface area (Å²) in [6.45, 7) is 2.77. The molecule has 3 aliphatic carbocycles. The number of likely N-dealkylation sites (tertiary alicyclic amines) is 1. The summed E-state index contributed by atoms with van der Waals surface area (Å²) in [6.07, 6.45) is 9.95. The fourth-order valence-corrected chi connectivity index (χ4v) is 8.07. The van der Waals surface area contributed by atoms with Crippen molar-refractivity contribution in [1.29, 1.82) is 0 Å². The van der Waals surface area contributed by atoms with Crippen molar-refractivity contribution in [2.45, 2.75) is 88.1 Å². The minimum absolute atomic E-state index is 0.116. The van der Waals surface area contributed by atoms with E-state index in [0.717, 1.165) is 29.6 Å². The number of fused-ring (bicyclic) bond motifs is 3. The Morgan fingerprint density at radius 1 is 0.973 bits per heavy atom. The van der Waals surface area contributed by atoms with Gasteiger partial charge < -0.3 is 14.4 Å². The van der Waals surface area contributed by atoms with Crippen molar-refractivity contribution < 1.29 is 23.9 Å². The Kier molecular flexibility index (Phi) is 5.63. The number of piperidine rings is 2. The lowest BCUT2D eigenvalue weighted by Gasteiger charge is -2.53. The fraction of sp³-hybridized carbons (Fsp3) is 0.690. The normalized spacial score (nSPS) is 37.7. The summed E-state index contributed by atoms with van der Waals surface area (Å²) in [6, 6.07) is 6.22. The van der Waals surface area contributed by atoms with Crippen LogP contribution in [0.15, 0.2) is 18.2 Å². The maximum Gasteiger partial charge on any atom is 0.255 e. The molecule has 2 atom stereocenters. The zero-order chi connectivity index (χ0) is 25.3. The molecule has 4 heterocycles. The fourth-order valence-electron chi connectivity index (χ4n) is 8.07. The van der Waals surface area contributed by atoms with E-state index in [4.69, 9.17) is 9.47 Å². The summed E-state index contributed by atoms with van der Waals surface area (Å²) in [5.41, 5.74) is 0.685. The van der Waals surface area contributed by atoms with E-state index in [-0.39, 0.29) is 29.7 Å². The van der Waals surface area contributed by atoms with E-state index < -0.39 is 5.54 Å². The monoisotopic (exact) mass is 507 g/mol. The van der Waals surface area contributed by atoms with Gasteiger partial charge in [-0.15, -0.1) is 0 Å². The maximum atomic E-state index is 13.2. The molecule has 3 saturated heterocycles. The van der Waals surface area contributed by atoms with Crippen LogP contribution in [0.3, 0.4) is 0 Å². The van der Waals surface area contributed by atoms with Gasteiger partial charge in [0.1, 0.15) is 17.4 Å². The predicted molar refractivity (Wildman–Crippen MR) is 135 cm³/mol. The summed E-state index contributed by atoms with van der Waals surface area (Å²) < 4.78 is 12.1. The average molecular weight is 508 g/mol. The number of benzene rings is 1. The van der Waals surface area contributed by atoms with E-state index in [2.05, 4.69) is 10.2 Å². The number of carbonyl (C=O) groups excluding carboxylic acids is 3. The number of nitrogens with one attached hydrogen (secondary N) is 1. The van der Waals surface area contributed by atoms with Gasteiger partial charge in [-0.05, 0) is 93.4 Å². The Balaban J connectivity index is 0.980. The number of rotatable bonds is 6. The second-order valence-corrected chi connectivity index (χ2v) is 12.3. The van der Waals surface area contributed by atoms with Crippen molar-refractivity contribution in [3.05, 3.63) is 29.3 Å². The standard InChI is InChI=1S/C29H37N3O5/c1-36-21-7-5-17(6-8-21)20-14-31(15-20)24-3-2-4-25(24)37-22-9-10-23-18(11-22)16-32(27(23)34)29-12-19(13-29)26(33)30-28(29)35/h9-11,17,19-21,24-25H,2-8,12-16H2,1H3,(H,30,33,35)/t17-,19?,21+,24-,25-,29?/m0/s1. The molecule has 0 aromatic heterocycles. The third-order valence-electron chi connectivity index (χ3n) is 10.4. The van der Waals surface area contributed by atoms with Crippen molar-refractivity contribution in [2.75, 3.05) is 20.2 Å². The molecule has 8 rings (SSSR count). The van der Waals surface area contributed by atoms with Gasteiger partial charge in [0.25, 0.3) is 11.8 Å². The number of methoxy groups -OCH3 is 1. The molecule has 1 N–H and O–H groups in total. The largest absolute Gasteiger partial charge is 0.489 e. The molecule has 1 aromatic carbocycles. The van der Waals surface area contributed by atoms with Crippen LogP contribution in [0.1, 0.15) is 73.7 Å². The molecule has 4 aliphatic heterocycles. The summed E-state index contributed by atoms with van der Waals surface area (Å²) in [7, 11) is 1.84.